The van der Waals surface area contributed by atoms with Crippen molar-refractivity contribution >= 4 is 17.8 Å². The maximum Gasteiger partial charge on any atom is 0.315 e. The second-order valence-electron chi connectivity index (χ2n) is 6.65. The molecule has 0 spiro atoms. The van der Waals surface area contributed by atoms with Crippen LogP contribution in [0.4, 0.5) is 9.18 Å². The number of nitrogens with one attached hydrogen (secondary N) is 2. The molecule has 1 aromatic heterocycles. The van der Waals surface area contributed by atoms with Crippen molar-refractivity contribution in [3.05, 3.63) is 71.3 Å². The van der Waals surface area contributed by atoms with Crippen molar-refractivity contribution in [3.8, 4) is 5.69 Å². The largest absolute Gasteiger partial charge is 0.338 e. The molecule has 152 valence electrons. The van der Waals surface area contributed by atoms with Crippen LogP contribution >= 0.6 is 11.8 Å². The first-order valence-corrected chi connectivity index (χ1v) is 10.4. The highest BCUT2D eigenvalue weighted by atomic mass is 32.2. The second kappa shape index (κ2) is 9.56. The molecular formula is C21H24FN5OS. The monoisotopic (exact) mass is 413 g/mol. The molecule has 0 fully saturated rings. The molecule has 3 aromatic rings. The smallest absolute Gasteiger partial charge is 0.315 e. The number of halogens is 1. The zero-order valence-electron chi connectivity index (χ0n) is 16.6. The third-order valence-electron chi connectivity index (χ3n) is 4.30. The van der Waals surface area contributed by atoms with Gasteiger partial charge in [0.25, 0.3) is 0 Å². The maximum atomic E-state index is 13.1. The quantitative estimate of drug-likeness (QED) is 0.564. The van der Waals surface area contributed by atoms with Gasteiger partial charge < -0.3 is 10.6 Å². The number of aromatic nitrogens is 3. The number of nitrogens with zero attached hydrogens (tertiary/aromatic N) is 3. The van der Waals surface area contributed by atoms with Crippen molar-refractivity contribution in [3.63, 3.8) is 0 Å². The summed E-state index contributed by atoms with van der Waals surface area (Å²) in [7, 11) is 0. The average Bonchev–Trinajstić information content (AvgIpc) is 3.12. The van der Waals surface area contributed by atoms with E-state index >= 15 is 0 Å². The number of benzene rings is 2. The summed E-state index contributed by atoms with van der Waals surface area (Å²) in [5, 5.41) is 15.0. The normalized spacial score (nSPS) is 11.9. The van der Waals surface area contributed by atoms with Crippen LogP contribution in [-0.4, -0.2) is 27.3 Å². The lowest BCUT2D eigenvalue weighted by Gasteiger charge is -2.16. The Hall–Kier alpha value is -2.87. The summed E-state index contributed by atoms with van der Waals surface area (Å²) in [6.45, 7) is 6.31. The van der Waals surface area contributed by atoms with Crippen LogP contribution in [0.2, 0.25) is 0 Å². The van der Waals surface area contributed by atoms with Crippen LogP contribution in [0.15, 0.2) is 53.7 Å². The van der Waals surface area contributed by atoms with E-state index in [1.54, 1.807) is 12.1 Å². The van der Waals surface area contributed by atoms with Gasteiger partial charge in [-0.2, -0.15) is 0 Å². The van der Waals surface area contributed by atoms with E-state index in [-0.39, 0.29) is 17.9 Å². The lowest BCUT2D eigenvalue weighted by molar-refractivity contribution is 0.238. The van der Waals surface area contributed by atoms with E-state index in [0.717, 1.165) is 16.8 Å². The van der Waals surface area contributed by atoms with Gasteiger partial charge in [-0.15, -0.1) is 10.2 Å². The molecule has 0 saturated heterocycles. The summed E-state index contributed by atoms with van der Waals surface area (Å²) in [6, 6.07) is 13.9. The molecule has 0 bridgehead atoms. The molecule has 0 aliphatic rings. The van der Waals surface area contributed by atoms with Crippen LogP contribution in [0.3, 0.4) is 0 Å². The van der Waals surface area contributed by atoms with Gasteiger partial charge in [-0.1, -0.05) is 41.6 Å². The Kier molecular flexibility index (Phi) is 6.87. The van der Waals surface area contributed by atoms with Gasteiger partial charge in [-0.05, 0) is 50.6 Å². The minimum Gasteiger partial charge on any atom is -0.338 e. The molecule has 0 radical (unpaired) electrons. The summed E-state index contributed by atoms with van der Waals surface area (Å²) >= 11 is 1.51. The third kappa shape index (κ3) is 5.35. The number of thioether (sulfide) groups is 1. The number of rotatable bonds is 7. The molecule has 0 saturated carbocycles. The lowest BCUT2D eigenvalue weighted by Crippen LogP contribution is -2.37. The number of hydrogen-bond acceptors (Lipinski definition) is 4. The number of carbonyl (C=O) groups is 1. The van der Waals surface area contributed by atoms with Gasteiger partial charge in [-0.3, -0.25) is 4.57 Å². The Morgan fingerprint density at radius 1 is 1.14 bits per heavy atom. The van der Waals surface area contributed by atoms with Gasteiger partial charge in [0, 0.05) is 18.0 Å². The van der Waals surface area contributed by atoms with Gasteiger partial charge in [-0.25, -0.2) is 9.18 Å². The first-order valence-electron chi connectivity index (χ1n) is 9.42. The summed E-state index contributed by atoms with van der Waals surface area (Å²) in [6.07, 6.45) is 0. The van der Waals surface area contributed by atoms with Crippen molar-refractivity contribution in [1.82, 2.24) is 25.4 Å². The number of urea groups is 1. The van der Waals surface area contributed by atoms with Gasteiger partial charge >= 0.3 is 6.03 Å². The highest BCUT2D eigenvalue weighted by Gasteiger charge is 2.21. The van der Waals surface area contributed by atoms with Crippen LogP contribution in [-0.2, 0) is 5.75 Å². The van der Waals surface area contributed by atoms with Crippen molar-refractivity contribution < 1.29 is 9.18 Å². The van der Waals surface area contributed by atoms with E-state index in [9.17, 15) is 9.18 Å². The average molecular weight is 414 g/mol. The topological polar surface area (TPSA) is 71.8 Å². The van der Waals surface area contributed by atoms with Crippen molar-refractivity contribution in [2.24, 2.45) is 0 Å². The van der Waals surface area contributed by atoms with Crippen LogP contribution < -0.4 is 10.6 Å². The van der Waals surface area contributed by atoms with E-state index < -0.39 is 0 Å². The van der Waals surface area contributed by atoms with Crippen molar-refractivity contribution in [2.45, 2.75) is 37.7 Å². The molecule has 6 nitrogen and oxygen atoms in total. The van der Waals surface area contributed by atoms with Gasteiger partial charge in [0.05, 0.1) is 6.04 Å². The minimum atomic E-state index is -0.337. The fourth-order valence-electron chi connectivity index (χ4n) is 2.79. The molecular weight excluding hydrogens is 389 g/mol. The SMILES string of the molecule is CCNC(=O)NC(C)c1nnc(SCc2ccc(F)cc2)n1-c1ccc(C)cc1. The second-order valence-corrected chi connectivity index (χ2v) is 7.59. The Morgan fingerprint density at radius 2 is 1.83 bits per heavy atom. The maximum absolute atomic E-state index is 13.1. The number of aryl methyl sites for hydroxylation is 1. The number of hydrogen-bond donors (Lipinski definition) is 2. The summed E-state index contributed by atoms with van der Waals surface area (Å²) in [5.41, 5.74) is 3.06. The Bertz CT molecular complexity index is 956. The first kappa shape index (κ1) is 20.9. The molecule has 1 unspecified atom stereocenters. The molecule has 3 rings (SSSR count). The number of amides is 2. The molecule has 0 aliphatic heterocycles. The molecule has 2 amide bonds. The molecule has 1 atom stereocenters. The molecule has 1 heterocycles. The standard InChI is InChI=1S/C21H24FN5OS/c1-4-23-20(28)24-15(3)19-25-26-21(27(19)18-11-5-14(2)6-12-18)29-13-16-7-9-17(22)10-8-16/h5-12,15H,4,13H2,1-3H3,(H2,23,24,28). The summed E-state index contributed by atoms with van der Waals surface area (Å²) in [5.74, 6) is 1.01. The van der Waals surface area contributed by atoms with E-state index in [0.29, 0.717) is 23.3 Å². The fraction of sp³-hybridized carbons (Fsp3) is 0.286. The van der Waals surface area contributed by atoms with E-state index in [4.69, 9.17) is 0 Å². The van der Waals surface area contributed by atoms with E-state index in [2.05, 4.69) is 20.8 Å². The van der Waals surface area contributed by atoms with Gasteiger partial charge in [0.2, 0.25) is 0 Å². The third-order valence-corrected chi connectivity index (χ3v) is 5.30. The van der Waals surface area contributed by atoms with E-state index in [1.165, 1.54) is 23.9 Å². The van der Waals surface area contributed by atoms with Crippen LogP contribution in [0, 0.1) is 12.7 Å². The Labute approximate surface area is 173 Å². The first-order chi connectivity index (χ1) is 14.0. The Balaban J connectivity index is 1.89. The van der Waals surface area contributed by atoms with Gasteiger partial charge in [0.15, 0.2) is 11.0 Å². The van der Waals surface area contributed by atoms with Crippen molar-refractivity contribution in [1.29, 1.82) is 0 Å². The zero-order chi connectivity index (χ0) is 20.8. The number of carbonyl (C=O) groups excluding carboxylic acids is 1. The van der Waals surface area contributed by atoms with Gasteiger partial charge in [0.1, 0.15) is 5.82 Å². The predicted octanol–water partition coefficient (Wildman–Crippen LogP) is 4.39. The Morgan fingerprint density at radius 3 is 2.48 bits per heavy atom. The van der Waals surface area contributed by atoms with Crippen LogP contribution in [0.25, 0.3) is 5.69 Å². The highest BCUT2D eigenvalue weighted by Crippen LogP contribution is 2.27. The van der Waals surface area contributed by atoms with E-state index in [1.807, 2.05) is 49.6 Å². The molecule has 2 aromatic carbocycles. The zero-order valence-corrected chi connectivity index (χ0v) is 17.5. The van der Waals surface area contributed by atoms with Crippen LogP contribution in [0.1, 0.15) is 36.8 Å². The summed E-state index contributed by atoms with van der Waals surface area (Å²) in [4.78, 5) is 11.9. The fourth-order valence-corrected chi connectivity index (χ4v) is 3.71. The molecule has 2 N–H and O–H groups in total. The molecule has 8 heteroatoms. The minimum absolute atomic E-state index is 0.251. The molecule has 29 heavy (non-hydrogen) atoms. The lowest BCUT2D eigenvalue weighted by atomic mass is 10.2. The highest BCUT2D eigenvalue weighted by molar-refractivity contribution is 7.98. The molecule has 0 aliphatic carbocycles. The summed E-state index contributed by atoms with van der Waals surface area (Å²) < 4.78 is 15.1. The van der Waals surface area contributed by atoms with Crippen LogP contribution in [0.5, 0.6) is 0 Å². The predicted molar refractivity (Wildman–Crippen MR) is 113 cm³/mol. The van der Waals surface area contributed by atoms with Crippen molar-refractivity contribution in [2.75, 3.05) is 6.54 Å².